The van der Waals surface area contributed by atoms with Crippen LogP contribution in [0.15, 0.2) is 48.8 Å². The molecule has 0 saturated carbocycles. The molecule has 0 aliphatic heterocycles. The summed E-state index contributed by atoms with van der Waals surface area (Å²) in [6, 6.07) is 10.2. The van der Waals surface area contributed by atoms with Gasteiger partial charge in [0.25, 0.3) is 5.91 Å². The number of carbonyl (C=O) groups excluding carboxylic acids is 1. The third-order valence-corrected chi connectivity index (χ3v) is 5.03. The van der Waals surface area contributed by atoms with Gasteiger partial charge < -0.3 is 15.7 Å². The fourth-order valence-electron chi connectivity index (χ4n) is 2.80. The molecule has 0 atom stereocenters. The number of nitrogens with one attached hydrogen (secondary N) is 2. The lowest BCUT2D eigenvalue weighted by molar-refractivity contribution is 0.0946. The molecule has 0 unspecified atom stereocenters. The van der Waals surface area contributed by atoms with E-state index in [4.69, 9.17) is 28.3 Å². The molecule has 0 bridgehead atoms. The van der Waals surface area contributed by atoms with Crippen LogP contribution in [0.4, 0.5) is 4.79 Å². The Morgan fingerprint density at radius 3 is 2.47 bits per heavy atom. The molecule has 7 nitrogen and oxygen atoms in total. The van der Waals surface area contributed by atoms with Gasteiger partial charge in [-0.3, -0.25) is 9.78 Å². The normalized spacial score (nSPS) is 10.5. The zero-order chi connectivity index (χ0) is 21.7. The van der Waals surface area contributed by atoms with Gasteiger partial charge in [-0.05, 0) is 53.9 Å². The lowest BCUT2D eigenvalue weighted by Crippen LogP contribution is -2.25. The lowest BCUT2D eigenvalue weighted by atomic mass is 10.0. The average Bonchev–Trinajstić information content (AvgIpc) is 2.73. The monoisotopic (exact) mass is 444 g/mol. The van der Waals surface area contributed by atoms with Crippen molar-refractivity contribution >= 4 is 35.2 Å². The highest BCUT2D eigenvalue weighted by molar-refractivity contribution is 6.42. The molecule has 2 amide bonds. The smallest absolute Gasteiger partial charge is 0.404 e. The van der Waals surface area contributed by atoms with Gasteiger partial charge in [-0.2, -0.15) is 0 Å². The summed E-state index contributed by atoms with van der Waals surface area (Å²) >= 11 is 11.9. The molecule has 3 rings (SSSR count). The first-order valence-electron chi connectivity index (χ1n) is 8.94. The van der Waals surface area contributed by atoms with E-state index in [1.807, 2.05) is 6.92 Å². The van der Waals surface area contributed by atoms with Crippen LogP contribution in [-0.2, 0) is 13.1 Å². The lowest BCUT2D eigenvalue weighted by Gasteiger charge is -2.11. The van der Waals surface area contributed by atoms with Gasteiger partial charge in [0.1, 0.15) is 5.69 Å². The molecule has 154 valence electrons. The maximum Gasteiger partial charge on any atom is 0.404 e. The maximum absolute atomic E-state index is 12.7. The number of pyridine rings is 2. The molecule has 0 saturated heterocycles. The highest BCUT2D eigenvalue weighted by atomic mass is 35.5. The number of halogens is 2. The zero-order valence-electron chi connectivity index (χ0n) is 15.9. The van der Waals surface area contributed by atoms with Crippen molar-refractivity contribution in [3.05, 3.63) is 81.2 Å². The van der Waals surface area contributed by atoms with Crippen molar-refractivity contribution in [1.82, 2.24) is 20.6 Å². The Bertz CT molecular complexity index is 1110. The van der Waals surface area contributed by atoms with Crippen molar-refractivity contribution in [2.24, 2.45) is 0 Å². The number of aromatic nitrogens is 2. The van der Waals surface area contributed by atoms with Gasteiger partial charge in [-0.1, -0.05) is 29.3 Å². The Labute approximate surface area is 183 Å². The summed E-state index contributed by atoms with van der Waals surface area (Å²) in [5, 5.41) is 14.8. The molecular formula is C21H18Cl2N4O3. The number of nitrogens with zero attached hydrogens (tertiary/aromatic N) is 2. The summed E-state index contributed by atoms with van der Waals surface area (Å²) in [5.41, 5.74) is 3.81. The Morgan fingerprint density at radius 1 is 1.00 bits per heavy atom. The van der Waals surface area contributed by atoms with Crippen LogP contribution in [0, 0.1) is 6.92 Å². The molecule has 2 aromatic heterocycles. The van der Waals surface area contributed by atoms with Gasteiger partial charge in [0.2, 0.25) is 0 Å². The molecule has 3 aromatic rings. The summed E-state index contributed by atoms with van der Waals surface area (Å²) in [7, 11) is 0. The standard InChI is InChI=1S/C21H18Cl2N4O3/c1-12-9-24-5-4-15(12)18-7-14(11-26-21(29)30)8-19(27-18)20(28)25-10-13-2-3-16(22)17(23)6-13/h2-9,26H,10-11H2,1H3,(H,25,28)(H,29,30). The van der Waals surface area contributed by atoms with Crippen molar-refractivity contribution in [1.29, 1.82) is 0 Å². The topological polar surface area (TPSA) is 104 Å². The minimum atomic E-state index is -1.15. The van der Waals surface area contributed by atoms with E-state index in [-0.39, 0.29) is 18.8 Å². The van der Waals surface area contributed by atoms with Crippen molar-refractivity contribution in [2.45, 2.75) is 20.0 Å². The van der Waals surface area contributed by atoms with Crippen LogP contribution >= 0.6 is 23.2 Å². The van der Waals surface area contributed by atoms with Crippen LogP contribution in [0.2, 0.25) is 10.0 Å². The summed E-state index contributed by atoms with van der Waals surface area (Å²) in [6.45, 7) is 2.16. The van der Waals surface area contributed by atoms with Crippen LogP contribution in [0.25, 0.3) is 11.3 Å². The third kappa shape index (κ3) is 5.46. The largest absolute Gasteiger partial charge is 0.465 e. The molecule has 30 heavy (non-hydrogen) atoms. The van der Waals surface area contributed by atoms with E-state index in [9.17, 15) is 9.59 Å². The predicted octanol–water partition coefficient (Wildman–Crippen LogP) is 4.46. The van der Waals surface area contributed by atoms with Gasteiger partial charge in [0, 0.05) is 31.0 Å². The first-order chi connectivity index (χ1) is 14.3. The van der Waals surface area contributed by atoms with Crippen molar-refractivity contribution in [3.63, 3.8) is 0 Å². The van der Waals surface area contributed by atoms with Crippen LogP contribution in [-0.4, -0.2) is 27.1 Å². The molecule has 0 aliphatic carbocycles. The highest BCUT2D eigenvalue weighted by Gasteiger charge is 2.14. The van der Waals surface area contributed by atoms with E-state index in [0.29, 0.717) is 21.3 Å². The molecule has 1 aromatic carbocycles. The second-order valence-corrected chi connectivity index (χ2v) is 7.34. The van der Waals surface area contributed by atoms with E-state index in [1.165, 1.54) is 0 Å². The van der Waals surface area contributed by atoms with Gasteiger partial charge in [-0.25, -0.2) is 9.78 Å². The van der Waals surface area contributed by atoms with Crippen LogP contribution in [0.3, 0.4) is 0 Å². The number of amides is 2. The number of aryl methyl sites for hydroxylation is 1. The van der Waals surface area contributed by atoms with Crippen LogP contribution in [0.5, 0.6) is 0 Å². The van der Waals surface area contributed by atoms with Gasteiger partial charge in [0.05, 0.1) is 15.7 Å². The molecule has 0 fully saturated rings. The summed E-state index contributed by atoms with van der Waals surface area (Å²) in [5.74, 6) is -0.397. The predicted molar refractivity (Wildman–Crippen MR) is 115 cm³/mol. The second kappa shape index (κ2) is 9.56. The Hall–Kier alpha value is -3.16. The number of carboxylic acid groups (broad SMARTS) is 1. The molecule has 0 spiro atoms. The van der Waals surface area contributed by atoms with E-state index in [2.05, 4.69) is 20.6 Å². The Balaban J connectivity index is 1.87. The quantitative estimate of drug-likeness (QED) is 0.520. The number of rotatable bonds is 6. The number of benzene rings is 1. The maximum atomic E-state index is 12.7. The van der Waals surface area contributed by atoms with E-state index in [1.54, 1.807) is 48.8 Å². The molecule has 0 aliphatic rings. The first-order valence-corrected chi connectivity index (χ1v) is 9.70. The SMILES string of the molecule is Cc1cnccc1-c1cc(CNC(=O)O)cc(C(=O)NCc2ccc(Cl)c(Cl)c2)n1. The van der Waals surface area contributed by atoms with Crippen LogP contribution < -0.4 is 10.6 Å². The summed E-state index contributed by atoms with van der Waals surface area (Å²) < 4.78 is 0. The molecule has 0 radical (unpaired) electrons. The Morgan fingerprint density at radius 2 is 1.77 bits per heavy atom. The molecule has 3 N–H and O–H groups in total. The minimum absolute atomic E-state index is 0.0437. The number of carbonyl (C=O) groups is 2. The van der Waals surface area contributed by atoms with Gasteiger partial charge in [-0.15, -0.1) is 0 Å². The molecule has 2 heterocycles. The third-order valence-electron chi connectivity index (χ3n) is 4.29. The number of hydrogen-bond donors (Lipinski definition) is 3. The summed E-state index contributed by atoms with van der Waals surface area (Å²) in [4.78, 5) is 32.2. The van der Waals surface area contributed by atoms with Crippen molar-refractivity contribution in [2.75, 3.05) is 0 Å². The molecule has 9 heteroatoms. The zero-order valence-corrected chi connectivity index (χ0v) is 17.5. The van der Waals surface area contributed by atoms with Gasteiger partial charge in [0.15, 0.2) is 0 Å². The van der Waals surface area contributed by atoms with Crippen LogP contribution in [0.1, 0.15) is 27.2 Å². The van der Waals surface area contributed by atoms with Crippen molar-refractivity contribution < 1.29 is 14.7 Å². The molecular weight excluding hydrogens is 427 g/mol. The van der Waals surface area contributed by atoms with E-state index in [0.717, 1.165) is 16.7 Å². The fourth-order valence-corrected chi connectivity index (χ4v) is 3.13. The Kier molecular flexibility index (Phi) is 6.87. The van der Waals surface area contributed by atoms with E-state index >= 15 is 0 Å². The fraction of sp³-hybridized carbons (Fsp3) is 0.143. The highest BCUT2D eigenvalue weighted by Crippen LogP contribution is 2.24. The number of hydrogen-bond acceptors (Lipinski definition) is 4. The summed E-state index contributed by atoms with van der Waals surface area (Å²) in [6.07, 6.45) is 2.18. The van der Waals surface area contributed by atoms with E-state index < -0.39 is 12.0 Å². The first kappa shape index (κ1) is 21.5. The average molecular weight is 445 g/mol. The second-order valence-electron chi connectivity index (χ2n) is 6.53. The minimum Gasteiger partial charge on any atom is -0.465 e. The van der Waals surface area contributed by atoms with Gasteiger partial charge >= 0.3 is 6.09 Å². The van der Waals surface area contributed by atoms with Crippen molar-refractivity contribution in [3.8, 4) is 11.3 Å².